The SMILES string of the molecule is CC(CO)NC(C)(NC(C)CO)S(=O)(=O)O. The lowest BCUT2D eigenvalue weighted by molar-refractivity contribution is 0.189. The third-order valence-electron chi connectivity index (χ3n) is 2.11. The van der Waals surface area contributed by atoms with Crippen molar-refractivity contribution >= 4 is 10.1 Å². The minimum atomic E-state index is -4.42. The molecule has 16 heavy (non-hydrogen) atoms. The Morgan fingerprint density at radius 1 is 1.12 bits per heavy atom. The summed E-state index contributed by atoms with van der Waals surface area (Å²) in [6.45, 7) is 3.80. The van der Waals surface area contributed by atoms with Gasteiger partial charge in [0, 0.05) is 12.1 Å². The molecule has 5 N–H and O–H groups in total. The van der Waals surface area contributed by atoms with Crippen LogP contribution in [-0.2, 0) is 10.1 Å². The van der Waals surface area contributed by atoms with E-state index in [0.29, 0.717) is 0 Å². The summed E-state index contributed by atoms with van der Waals surface area (Å²) >= 11 is 0. The lowest BCUT2D eigenvalue weighted by atomic mass is 10.3. The predicted molar refractivity (Wildman–Crippen MR) is 59.3 cm³/mol. The van der Waals surface area contributed by atoms with Gasteiger partial charge in [-0.25, -0.2) is 0 Å². The van der Waals surface area contributed by atoms with Gasteiger partial charge in [0.15, 0.2) is 4.99 Å². The van der Waals surface area contributed by atoms with Crippen LogP contribution in [0, 0.1) is 0 Å². The molecule has 0 bridgehead atoms. The van der Waals surface area contributed by atoms with Crippen LogP contribution in [0.5, 0.6) is 0 Å². The Hall–Kier alpha value is -0.250. The highest BCUT2D eigenvalue weighted by molar-refractivity contribution is 7.87. The lowest BCUT2D eigenvalue weighted by Gasteiger charge is -2.33. The van der Waals surface area contributed by atoms with Crippen LogP contribution < -0.4 is 10.6 Å². The third kappa shape index (κ3) is 4.32. The smallest absolute Gasteiger partial charge is 0.297 e. The Bertz CT molecular complexity index is 294. The van der Waals surface area contributed by atoms with Crippen molar-refractivity contribution in [1.82, 2.24) is 10.6 Å². The van der Waals surface area contributed by atoms with Gasteiger partial charge in [-0.3, -0.25) is 15.2 Å². The summed E-state index contributed by atoms with van der Waals surface area (Å²) in [5.74, 6) is 0. The number of aliphatic hydroxyl groups is 2. The van der Waals surface area contributed by atoms with Crippen molar-refractivity contribution < 1.29 is 23.2 Å². The molecule has 0 amide bonds. The molecule has 0 radical (unpaired) electrons. The van der Waals surface area contributed by atoms with Crippen LogP contribution in [0.15, 0.2) is 0 Å². The van der Waals surface area contributed by atoms with Crippen molar-refractivity contribution in [2.24, 2.45) is 0 Å². The fourth-order valence-electron chi connectivity index (χ4n) is 1.22. The molecule has 0 aromatic rings. The summed E-state index contributed by atoms with van der Waals surface area (Å²) in [6.07, 6.45) is 0. The minimum absolute atomic E-state index is 0.277. The molecule has 0 aliphatic carbocycles. The molecule has 0 saturated carbocycles. The maximum absolute atomic E-state index is 11.2. The van der Waals surface area contributed by atoms with Crippen LogP contribution in [-0.4, -0.2) is 53.5 Å². The normalized spacial score (nSPS) is 20.1. The zero-order valence-corrected chi connectivity index (χ0v) is 10.5. The van der Waals surface area contributed by atoms with Gasteiger partial charge < -0.3 is 10.2 Å². The summed E-state index contributed by atoms with van der Waals surface area (Å²) in [4.78, 5) is -1.81. The van der Waals surface area contributed by atoms with Crippen molar-refractivity contribution in [2.75, 3.05) is 13.2 Å². The Kier molecular flexibility index (Phi) is 5.80. The first-order valence-corrected chi connectivity index (χ1v) is 6.34. The predicted octanol–water partition coefficient (Wildman–Crippen LogP) is -1.51. The van der Waals surface area contributed by atoms with E-state index in [0.717, 1.165) is 0 Å². The first kappa shape index (κ1) is 15.8. The van der Waals surface area contributed by atoms with E-state index in [1.807, 2.05) is 0 Å². The van der Waals surface area contributed by atoms with Gasteiger partial charge in [-0.1, -0.05) is 0 Å². The molecule has 0 rings (SSSR count). The van der Waals surface area contributed by atoms with E-state index in [1.165, 1.54) is 6.92 Å². The quantitative estimate of drug-likeness (QED) is 0.277. The topological polar surface area (TPSA) is 119 Å². The van der Waals surface area contributed by atoms with Crippen LogP contribution in [0.4, 0.5) is 0 Å². The van der Waals surface area contributed by atoms with Gasteiger partial charge in [0.2, 0.25) is 0 Å². The Morgan fingerprint density at radius 3 is 1.62 bits per heavy atom. The van der Waals surface area contributed by atoms with Gasteiger partial charge in [0.25, 0.3) is 10.1 Å². The minimum Gasteiger partial charge on any atom is -0.395 e. The van der Waals surface area contributed by atoms with Gasteiger partial charge in [-0.15, -0.1) is 0 Å². The molecule has 0 fully saturated rings. The fourth-order valence-corrected chi connectivity index (χ4v) is 1.92. The van der Waals surface area contributed by atoms with Crippen LogP contribution in [0.2, 0.25) is 0 Å². The fraction of sp³-hybridized carbons (Fsp3) is 1.00. The van der Waals surface area contributed by atoms with Crippen molar-refractivity contribution in [2.45, 2.75) is 37.8 Å². The second-order valence-electron chi connectivity index (χ2n) is 3.96. The number of aliphatic hydroxyl groups excluding tert-OH is 2. The summed E-state index contributed by atoms with van der Waals surface area (Å²) < 4.78 is 31.6. The van der Waals surface area contributed by atoms with E-state index < -0.39 is 27.2 Å². The van der Waals surface area contributed by atoms with E-state index >= 15 is 0 Å². The van der Waals surface area contributed by atoms with Crippen LogP contribution in [0.3, 0.4) is 0 Å². The lowest BCUT2D eigenvalue weighted by Crippen LogP contribution is -2.65. The molecule has 8 heteroatoms. The zero-order valence-electron chi connectivity index (χ0n) is 9.64. The van der Waals surface area contributed by atoms with Crippen LogP contribution >= 0.6 is 0 Å². The molecule has 0 heterocycles. The van der Waals surface area contributed by atoms with Crippen molar-refractivity contribution in [3.05, 3.63) is 0 Å². The molecule has 0 aliphatic rings. The highest BCUT2D eigenvalue weighted by Crippen LogP contribution is 2.10. The average molecular weight is 256 g/mol. The Morgan fingerprint density at radius 2 is 1.44 bits per heavy atom. The second kappa shape index (κ2) is 5.89. The van der Waals surface area contributed by atoms with Gasteiger partial charge in [0.05, 0.1) is 13.2 Å². The van der Waals surface area contributed by atoms with Crippen molar-refractivity contribution in [1.29, 1.82) is 0 Å². The molecule has 2 unspecified atom stereocenters. The van der Waals surface area contributed by atoms with Gasteiger partial charge in [-0.2, -0.15) is 8.42 Å². The first-order valence-electron chi connectivity index (χ1n) is 4.90. The molecule has 7 nitrogen and oxygen atoms in total. The summed E-state index contributed by atoms with van der Waals surface area (Å²) in [6, 6.07) is -1.05. The number of rotatable bonds is 7. The van der Waals surface area contributed by atoms with Crippen LogP contribution in [0.1, 0.15) is 20.8 Å². The first-order chi connectivity index (χ1) is 7.16. The standard InChI is InChI=1S/C8H20N2O5S/c1-6(4-11)9-8(3,16(13,14)15)10-7(2)5-12/h6-7,9-12H,4-5H2,1-3H3,(H,13,14,15). The largest absolute Gasteiger partial charge is 0.395 e. The van der Waals surface area contributed by atoms with E-state index in [9.17, 15) is 8.42 Å². The maximum atomic E-state index is 11.2. The van der Waals surface area contributed by atoms with E-state index in [2.05, 4.69) is 10.6 Å². The monoisotopic (exact) mass is 256 g/mol. The highest BCUT2D eigenvalue weighted by Gasteiger charge is 2.39. The van der Waals surface area contributed by atoms with Crippen LogP contribution in [0.25, 0.3) is 0 Å². The molecular weight excluding hydrogens is 236 g/mol. The van der Waals surface area contributed by atoms with Crippen molar-refractivity contribution in [3.63, 3.8) is 0 Å². The molecule has 0 saturated heterocycles. The molecule has 0 aliphatic heterocycles. The molecule has 98 valence electrons. The summed E-state index contributed by atoms with van der Waals surface area (Å²) in [5, 5.41) is 22.8. The molecule has 2 atom stereocenters. The van der Waals surface area contributed by atoms with E-state index in [4.69, 9.17) is 14.8 Å². The van der Waals surface area contributed by atoms with E-state index in [-0.39, 0.29) is 13.2 Å². The number of hydrogen-bond acceptors (Lipinski definition) is 6. The molecule has 0 spiro atoms. The summed E-state index contributed by atoms with van der Waals surface area (Å²) in [7, 11) is -4.42. The number of hydrogen-bond donors (Lipinski definition) is 5. The molecule has 0 aromatic heterocycles. The third-order valence-corrected chi connectivity index (χ3v) is 3.37. The van der Waals surface area contributed by atoms with Gasteiger partial charge >= 0.3 is 0 Å². The number of nitrogens with one attached hydrogen (secondary N) is 2. The average Bonchev–Trinajstić information content (AvgIpc) is 2.15. The van der Waals surface area contributed by atoms with Crippen molar-refractivity contribution in [3.8, 4) is 0 Å². The molecular formula is C8H20N2O5S. The van der Waals surface area contributed by atoms with Gasteiger partial charge in [-0.05, 0) is 20.8 Å². The zero-order chi connectivity index (χ0) is 13.0. The second-order valence-corrected chi connectivity index (χ2v) is 5.73. The Balaban J connectivity index is 4.90. The summed E-state index contributed by atoms with van der Waals surface area (Å²) in [5.41, 5.74) is 0. The highest BCUT2D eigenvalue weighted by atomic mass is 32.2. The molecule has 0 aromatic carbocycles. The van der Waals surface area contributed by atoms with Gasteiger partial charge in [0.1, 0.15) is 0 Å². The maximum Gasteiger partial charge on any atom is 0.297 e. The Labute approximate surface area is 95.6 Å². The van der Waals surface area contributed by atoms with E-state index in [1.54, 1.807) is 13.8 Å².